The minimum atomic E-state index is -0.134. The van der Waals surface area contributed by atoms with E-state index >= 15 is 0 Å². The Morgan fingerprint density at radius 3 is 2.40 bits per heavy atom. The molecule has 3 heteroatoms. The van der Waals surface area contributed by atoms with E-state index in [-0.39, 0.29) is 22.9 Å². The van der Waals surface area contributed by atoms with Gasteiger partial charge in [0, 0.05) is 11.6 Å². The molecule has 3 unspecified atom stereocenters. The lowest BCUT2D eigenvalue weighted by Crippen LogP contribution is -2.52. The molecule has 2 aliphatic rings. The van der Waals surface area contributed by atoms with Crippen LogP contribution in [0, 0.1) is 11.3 Å². The van der Waals surface area contributed by atoms with Crippen LogP contribution >= 0.6 is 0 Å². The van der Waals surface area contributed by atoms with Gasteiger partial charge < -0.3 is 10.6 Å². The quantitative estimate of drug-likeness (QED) is 0.833. The molecule has 0 spiro atoms. The molecule has 0 aromatic rings. The Morgan fingerprint density at radius 1 is 1.15 bits per heavy atom. The third-order valence-electron chi connectivity index (χ3n) is 4.61. The number of fused-ring (bicyclic) bond motifs is 1. The van der Waals surface area contributed by atoms with Crippen molar-refractivity contribution in [3.8, 4) is 0 Å². The maximum atomic E-state index is 12.5. The predicted octanol–water partition coefficient (Wildman–Crippen LogP) is 3.24. The molecule has 1 aliphatic carbocycles. The van der Waals surface area contributed by atoms with Gasteiger partial charge >= 0.3 is 0 Å². The van der Waals surface area contributed by atoms with Crippen LogP contribution in [0.25, 0.3) is 0 Å². The number of hydrogen-bond donors (Lipinski definition) is 2. The average molecular weight is 280 g/mol. The van der Waals surface area contributed by atoms with Crippen LogP contribution in [0.5, 0.6) is 0 Å². The van der Waals surface area contributed by atoms with Gasteiger partial charge in [0.05, 0.1) is 6.04 Å². The normalized spacial score (nSPS) is 30.9. The van der Waals surface area contributed by atoms with Crippen molar-refractivity contribution >= 4 is 5.91 Å². The molecule has 3 nitrogen and oxygen atoms in total. The Balaban J connectivity index is 1.89. The zero-order valence-corrected chi connectivity index (χ0v) is 13.9. The molecule has 0 bridgehead atoms. The van der Waals surface area contributed by atoms with Gasteiger partial charge in [-0.25, -0.2) is 0 Å². The fraction of sp³-hybridized carbons (Fsp3) is 0.941. The van der Waals surface area contributed by atoms with Gasteiger partial charge in [-0.05, 0) is 50.9 Å². The van der Waals surface area contributed by atoms with Crippen molar-refractivity contribution in [2.24, 2.45) is 11.3 Å². The molecule has 1 saturated carbocycles. The first-order valence-corrected chi connectivity index (χ1v) is 8.24. The topological polar surface area (TPSA) is 41.1 Å². The lowest BCUT2D eigenvalue weighted by Gasteiger charge is -2.34. The molecule has 116 valence electrons. The molecule has 1 saturated heterocycles. The lowest BCUT2D eigenvalue weighted by molar-refractivity contribution is -0.124. The average Bonchev–Trinajstić information content (AvgIpc) is 2.68. The number of rotatable bonds is 3. The summed E-state index contributed by atoms with van der Waals surface area (Å²) in [7, 11) is 0. The van der Waals surface area contributed by atoms with Crippen LogP contribution in [0.2, 0.25) is 0 Å². The van der Waals surface area contributed by atoms with E-state index in [2.05, 4.69) is 45.3 Å². The first kappa shape index (κ1) is 15.8. The highest BCUT2D eigenvalue weighted by Gasteiger charge is 2.39. The van der Waals surface area contributed by atoms with E-state index < -0.39 is 0 Å². The molecule has 2 N–H and O–H groups in total. The van der Waals surface area contributed by atoms with Crippen molar-refractivity contribution in [1.82, 2.24) is 10.6 Å². The van der Waals surface area contributed by atoms with Crippen molar-refractivity contribution in [1.29, 1.82) is 0 Å². The van der Waals surface area contributed by atoms with Crippen LogP contribution in [-0.2, 0) is 4.79 Å². The van der Waals surface area contributed by atoms with Gasteiger partial charge in [-0.3, -0.25) is 4.79 Å². The smallest absolute Gasteiger partial charge is 0.237 e. The Labute approximate surface area is 124 Å². The summed E-state index contributed by atoms with van der Waals surface area (Å²) in [5.74, 6) is 0.930. The van der Waals surface area contributed by atoms with E-state index in [1.807, 2.05) is 0 Å². The maximum absolute atomic E-state index is 12.5. The molecule has 1 heterocycles. The molecule has 2 fully saturated rings. The minimum Gasteiger partial charge on any atom is -0.350 e. The van der Waals surface area contributed by atoms with Crippen molar-refractivity contribution in [3.05, 3.63) is 0 Å². The first-order valence-electron chi connectivity index (χ1n) is 8.24. The van der Waals surface area contributed by atoms with Gasteiger partial charge in [0.1, 0.15) is 0 Å². The number of carbonyl (C=O) groups is 1. The highest BCUT2D eigenvalue weighted by atomic mass is 16.2. The third kappa shape index (κ3) is 4.21. The summed E-state index contributed by atoms with van der Waals surface area (Å²) < 4.78 is 0. The second-order valence-electron chi connectivity index (χ2n) is 8.72. The van der Waals surface area contributed by atoms with E-state index in [9.17, 15) is 4.79 Å². The molecule has 0 radical (unpaired) electrons. The molecule has 20 heavy (non-hydrogen) atoms. The zero-order valence-electron chi connectivity index (χ0n) is 13.9. The Hall–Kier alpha value is -0.570. The number of carbonyl (C=O) groups excluding carboxylic acids is 1. The van der Waals surface area contributed by atoms with E-state index in [1.165, 1.54) is 25.7 Å². The number of nitrogens with one attached hydrogen (secondary N) is 2. The van der Waals surface area contributed by atoms with Gasteiger partial charge in [0.15, 0.2) is 0 Å². The number of amides is 1. The monoisotopic (exact) mass is 280 g/mol. The molecular weight excluding hydrogens is 248 g/mol. The maximum Gasteiger partial charge on any atom is 0.237 e. The Morgan fingerprint density at radius 2 is 1.80 bits per heavy atom. The van der Waals surface area contributed by atoms with Gasteiger partial charge in [-0.2, -0.15) is 0 Å². The molecule has 2 rings (SSSR count). The predicted molar refractivity (Wildman–Crippen MR) is 83.6 cm³/mol. The standard InChI is InChI=1S/C17H32N2O/c1-16(2,3)11-17(4,5)19-15(20)14-10-12-8-6-7-9-13(12)18-14/h12-14,18H,6-11H2,1-5H3,(H,19,20). The SMILES string of the molecule is CC(C)(C)CC(C)(C)NC(=O)C1CC2CCCCC2N1. The van der Waals surface area contributed by atoms with Crippen LogP contribution in [0.15, 0.2) is 0 Å². The van der Waals surface area contributed by atoms with Gasteiger partial charge in [0.25, 0.3) is 0 Å². The molecule has 1 aliphatic heterocycles. The summed E-state index contributed by atoms with van der Waals surface area (Å²) in [6.07, 6.45) is 7.23. The summed E-state index contributed by atoms with van der Waals surface area (Å²) in [6.45, 7) is 11.0. The van der Waals surface area contributed by atoms with E-state index in [0.717, 1.165) is 18.8 Å². The van der Waals surface area contributed by atoms with E-state index in [0.29, 0.717) is 6.04 Å². The second-order valence-corrected chi connectivity index (χ2v) is 8.72. The summed E-state index contributed by atoms with van der Waals surface area (Å²) >= 11 is 0. The van der Waals surface area contributed by atoms with Crippen LogP contribution in [0.4, 0.5) is 0 Å². The van der Waals surface area contributed by atoms with Crippen LogP contribution in [0.1, 0.15) is 73.1 Å². The summed E-state index contributed by atoms with van der Waals surface area (Å²) in [4.78, 5) is 12.5. The lowest BCUT2D eigenvalue weighted by atomic mass is 9.81. The van der Waals surface area contributed by atoms with Crippen molar-refractivity contribution in [2.75, 3.05) is 0 Å². The van der Waals surface area contributed by atoms with E-state index in [4.69, 9.17) is 0 Å². The number of hydrogen-bond acceptors (Lipinski definition) is 2. The fourth-order valence-electron chi connectivity index (χ4n) is 4.31. The molecule has 0 aromatic carbocycles. The molecule has 0 aromatic heterocycles. The molecular formula is C17H32N2O. The van der Waals surface area contributed by atoms with Crippen LogP contribution in [0.3, 0.4) is 0 Å². The minimum absolute atomic E-state index is 0.0299. The molecule has 3 atom stereocenters. The van der Waals surface area contributed by atoms with E-state index in [1.54, 1.807) is 0 Å². The third-order valence-corrected chi connectivity index (χ3v) is 4.61. The summed E-state index contributed by atoms with van der Waals surface area (Å²) in [5, 5.41) is 6.83. The first-order chi connectivity index (χ1) is 9.16. The fourth-order valence-corrected chi connectivity index (χ4v) is 4.31. The molecule has 1 amide bonds. The highest BCUT2D eigenvalue weighted by molar-refractivity contribution is 5.82. The summed E-state index contributed by atoms with van der Waals surface area (Å²) in [5.41, 5.74) is 0.0959. The van der Waals surface area contributed by atoms with Crippen LogP contribution < -0.4 is 10.6 Å². The Bertz CT molecular complexity index is 342. The Kier molecular flexibility index (Phi) is 4.48. The highest BCUT2D eigenvalue weighted by Crippen LogP contribution is 2.33. The van der Waals surface area contributed by atoms with Gasteiger partial charge in [-0.15, -0.1) is 0 Å². The summed E-state index contributed by atoms with van der Waals surface area (Å²) in [6, 6.07) is 0.618. The van der Waals surface area contributed by atoms with Crippen molar-refractivity contribution in [2.45, 2.75) is 90.8 Å². The van der Waals surface area contributed by atoms with Gasteiger partial charge in [-0.1, -0.05) is 33.6 Å². The van der Waals surface area contributed by atoms with Crippen molar-refractivity contribution in [3.63, 3.8) is 0 Å². The largest absolute Gasteiger partial charge is 0.350 e. The van der Waals surface area contributed by atoms with Gasteiger partial charge in [0.2, 0.25) is 5.91 Å². The zero-order chi connectivity index (χ0) is 15.0. The second kappa shape index (κ2) is 5.67. The van der Waals surface area contributed by atoms with Crippen molar-refractivity contribution < 1.29 is 4.79 Å². The van der Waals surface area contributed by atoms with Crippen LogP contribution in [-0.4, -0.2) is 23.5 Å².